The molecule has 2 aliphatic heterocycles. The number of aliphatic carboxylic acids is 1. The van der Waals surface area contributed by atoms with E-state index in [0.29, 0.717) is 5.56 Å². The summed E-state index contributed by atoms with van der Waals surface area (Å²) in [6.45, 7) is 1.60. The first-order valence-electron chi connectivity index (χ1n) is 7.01. The Kier molecular flexibility index (Phi) is 3.61. The van der Waals surface area contributed by atoms with Crippen LogP contribution >= 0.6 is 0 Å². The molecular weight excluding hydrogens is 304 g/mol. The number of anilines is 1. The van der Waals surface area contributed by atoms with E-state index in [1.807, 2.05) is 0 Å². The van der Waals surface area contributed by atoms with Gasteiger partial charge in [0.25, 0.3) is 5.69 Å². The molecule has 0 saturated carbocycles. The van der Waals surface area contributed by atoms with Crippen molar-refractivity contribution in [2.75, 3.05) is 5.32 Å². The second-order valence-corrected chi connectivity index (χ2v) is 5.59. The number of nitrogens with zero attached hydrogens (tertiary/aromatic N) is 1. The second kappa shape index (κ2) is 5.47. The third kappa shape index (κ3) is 2.57. The van der Waals surface area contributed by atoms with Crippen molar-refractivity contribution in [2.45, 2.75) is 19.1 Å². The van der Waals surface area contributed by atoms with Crippen molar-refractivity contribution in [2.24, 2.45) is 11.8 Å². The van der Waals surface area contributed by atoms with Gasteiger partial charge in [-0.1, -0.05) is 18.2 Å². The number of carboxylic acids is 1. The Morgan fingerprint density at radius 1 is 1.26 bits per heavy atom. The van der Waals surface area contributed by atoms with Gasteiger partial charge in [0, 0.05) is 17.3 Å². The van der Waals surface area contributed by atoms with Crippen LogP contribution in [-0.2, 0) is 14.3 Å². The van der Waals surface area contributed by atoms with Crippen molar-refractivity contribution in [1.29, 1.82) is 0 Å². The molecule has 2 bridgehead atoms. The molecule has 23 heavy (non-hydrogen) atoms. The van der Waals surface area contributed by atoms with Gasteiger partial charge in [-0.25, -0.2) is 0 Å². The number of carboxylic acid groups (broad SMARTS) is 1. The van der Waals surface area contributed by atoms with Gasteiger partial charge < -0.3 is 15.2 Å². The Morgan fingerprint density at radius 2 is 1.91 bits per heavy atom. The quantitative estimate of drug-likeness (QED) is 0.493. The lowest BCUT2D eigenvalue weighted by Crippen LogP contribution is -2.39. The number of nitro groups is 1. The highest BCUT2D eigenvalue weighted by Crippen LogP contribution is 2.40. The third-order valence-electron chi connectivity index (χ3n) is 4.16. The van der Waals surface area contributed by atoms with E-state index in [2.05, 4.69) is 5.32 Å². The van der Waals surface area contributed by atoms with Crippen LogP contribution in [0.15, 0.2) is 30.4 Å². The molecule has 1 aromatic carbocycles. The number of benzene rings is 1. The monoisotopic (exact) mass is 318 g/mol. The fourth-order valence-corrected chi connectivity index (χ4v) is 3.02. The van der Waals surface area contributed by atoms with E-state index in [-0.39, 0.29) is 11.4 Å². The molecule has 120 valence electrons. The molecule has 3 rings (SSSR count). The molecule has 8 nitrogen and oxygen atoms in total. The molecule has 4 atom stereocenters. The largest absolute Gasteiger partial charge is 0.481 e. The van der Waals surface area contributed by atoms with Crippen LogP contribution < -0.4 is 5.32 Å². The number of aryl methyl sites for hydroxylation is 1. The van der Waals surface area contributed by atoms with Crippen LogP contribution in [0.4, 0.5) is 11.4 Å². The molecule has 2 heterocycles. The van der Waals surface area contributed by atoms with E-state index in [1.165, 1.54) is 12.1 Å². The zero-order chi connectivity index (χ0) is 16.7. The van der Waals surface area contributed by atoms with Gasteiger partial charge >= 0.3 is 5.97 Å². The summed E-state index contributed by atoms with van der Waals surface area (Å²) in [5.74, 6) is -3.43. The van der Waals surface area contributed by atoms with Gasteiger partial charge in [0.05, 0.1) is 23.0 Å². The highest BCUT2D eigenvalue weighted by atomic mass is 16.6. The average Bonchev–Trinajstić information content (AvgIpc) is 3.09. The predicted molar refractivity (Wildman–Crippen MR) is 78.9 cm³/mol. The number of hydrogen-bond donors (Lipinski definition) is 2. The first-order valence-corrected chi connectivity index (χ1v) is 7.01. The summed E-state index contributed by atoms with van der Waals surface area (Å²) < 4.78 is 5.44. The molecule has 1 aromatic rings. The van der Waals surface area contributed by atoms with E-state index in [9.17, 15) is 24.8 Å². The molecule has 0 spiro atoms. The van der Waals surface area contributed by atoms with Crippen LogP contribution in [0.2, 0.25) is 0 Å². The van der Waals surface area contributed by atoms with Gasteiger partial charge in [0.15, 0.2) is 0 Å². The molecule has 1 saturated heterocycles. The van der Waals surface area contributed by atoms with Crippen molar-refractivity contribution >= 4 is 23.3 Å². The minimum Gasteiger partial charge on any atom is -0.481 e. The molecule has 1 amide bonds. The van der Waals surface area contributed by atoms with Crippen LogP contribution in [0, 0.1) is 28.9 Å². The summed E-state index contributed by atoms with van der Waals surface area (Å²) >= 11 is 0. The molecule has 8 heteroatoms. The lowest BCUT2D eigenvalue weighted by Gasteiger charge is -2.21. The molecule has 0 aromatic heterocycles. The molecular formula is C15H14N2O6. The molecule has 2 aliphatic rings. The normalized spacial score (nSPS) is 27.9. The molecule has 0 radical (unpaired) electrons. The van der Waals surface area contributed by atoms with Gasteiger partial charge in [0.1, 0.15) is 5.92 Å². The maximum absolute atomic E-state index is 12.4. The smallest absolute Gasteiger partial charge is 0.310 e. The Morgan fingerprint density at radius 3 is 2.52 bits per heavy atom. The molecule has 1 fully saturated rings. The summed E-state index contributed by atoms with van der Waals surface area (Å²) in [5.41, 5.74) is 0.618. The van der Waals surface area contributed by atoms with Crippen LogP contribution in [0.3, 0.4) is 0 Å². The summed E-state index contributed by atoms with van der Waals surface area (Å²) in [6.07, 6.45) is 2.12. The van der Waals surface area contributed by atoms with Crippen LogP contribution in [0.1, 0.15) is 5.56 Å². The minimum atomic E-state index is -1.10. The number of nitrogens with one attached hydrogen (secondary N) is 1. The lowest BCUT2D eigenvalue weighted by atomic mass is 9.82. The fourth-order valence-electron chi connectivity index (χ4n) is 3.02. The highest BCUT2D eigenvalue weighted by molar-refractivity contribution is 5.97. The van der Waals surface area contributed by atoms with Gasteiger partial charge in [-0.3, -0.25) is 19.7 Å². The van der Waals surface area contributed by atoms with Crippen molar-refractivity contribution < 1.29 is 24.4 Å². The topological polar surface area (TPSA) is 119 Å². The lowest BCUT2D eigenvalue weighted by molar-refractivity contribution is -0.385. The van der Waals surface area contributed by atoms with Crippen molar-refractivity contribution in [3.63, 3.8) is 0 Å². The van der Waals surface area contributed by atoms with E-state index in [1.54, 1.807) is 25.1 Å². The Bertz CT molecular complexity index is 729. The summed E-state index contributed by atoms with van der Waals surface area (Å²) in [5, 5.41) is 22.8. The van der Waals surface area contributed by atoms with Crippen LogP contribution in [0.5, 0.6) is 0 Å². The van der Waals surface area contributed by atoms with Crippen molar-refractivity contribution in [1.82, 2.24) is 0 Å². The summed E-state index contributed by atoms with van der Waals surface area (Å²) in [7, 11) is 0. The second-order valence-electron chi connectivity index (χ2n) is 5.59. The van der Waals surface area contributed by atoms with Crippen molar-refractivity contribution in [3.05, 3.63) is 46.0 Å². The Labute approximate surface area is 130 Å². The molecule has 0 aliphatic carbocycles. The first-order chi connectivity index (χ1) is 10.9. The highest BCUT2D eigenvalue weighted by Gasteiger charge is 2.53. The number of hydrogen-bond acceptors (Lipinski definition) is 5. The van der Waals surface area contributed by atoms with Gasteiger partial charge in [-0.05, 0) is 13.0 Å². The number of fused-ring (bicyclic) bond motifs is 2. The van der Waals surface area contributed by atoms with Crippen LogP contribution in [-0.4, -0.2) is 34.1 Å². The van der Waals surface area contributed by atoms with Gasteiger partial charge in [-0.15, -0.1) is 0 Å². The van der Waals surface area contributed by atoms with Gasteiger partial charge in [-0.2, -0.15) is 0 Å². The number of amides is 1. The van der Waals surface area contributed by atoms with E-state index in [4.69, 9.17) is 4.74 Å². The summed E-state index contributed by atoms with van der Waals surface area (Å²) in [6, 6.07) is 4.33. The third-order valence-corrected chi connectivity index (χ3v) is 4.16. The maximum Gasteiger partial charge on any atom is 0.310 e. The maximum atomic E-state index is 12.4. The number of ether oxygens (including phenoxy) is 1. The van der Waals surface area contributed by atoms with Gasteiger partial charge in [0.2, 0.25) is 5.91 Å². The Hall–Kier alpha value is -2.74. The van der Waals surface area contributed by atoms with E-state index < -0.39 is 40.8 Å². The summed E-state index contributed by atoms with van der Waals surface area (Å²) in [4.78, 5) is 34.2. The predicted octanol–water partition coefficient (Wildman–Crippen LogP) is 1.50. The average molecular weight is 318 g/mol. The number of rotatable bonds is 4. The number of nitro benzene ring substituents is 1. The van der Waals surface area contributed by atoms with E-state index in [0.717, 1.165) is 0 Å². The zero-order valence-electron chi connectivity index (χ0n) is 12.1. The molecule has 2 N–H and O–H groups in total. The van der Waals surface area contributed by atoms with Crippen LogP contribution in [0.25, 0.3) is 0 Å². The number of carbonyl (C=O) groups excluding carboxylic acids is 1. The molecule has 0 unspecified atom stereocenters. The number of carbonyl (C=O) groups is 2. The fraction of sp³-hybridized carbons (Fsp3) is 0.333. The first kappa shape index (κ1) is 15.2. The van der Waals surface area contributed by atoms with Crippen molar-refractivity contribution in [3.8, 4) is 0 Å². The standard InChI is InChI=1S/C15H14N2O6/c1-7-2-3-8(6-9(7)17(21)22)16-14(18)12-10-4-5-11(23-10)13(12)15(19)20/h2-6,10-13H,1H3,(H,16,18)(H,19,20)/t10-,11+,12-,13+/m1/s1. The zero-order valence-corrected chi connectivity index (χ0v) is 12.1. The SMILES string of the molecule is Cc1ccc(NC(=O)[C@H]2[C@@H](C(=O)O)[C@@H]3C=C[C@H]2O3)cc1[N+](=O)[O-]. The Balaban J connectivity index is 1.82. The van der Waals surface area contributed by atoms with E-state index >= 15 is 0 Å². The minimum absolute atomic E-state index is 0.110.